The second-order valence-electron chi connectivity index (χ2n) is 4.12. The Hall–Kier alpha value is -0.920. The molecule has 0 atom stereocenters. The maximum Gasteiger partial charge on any atom is 0.245 e. The summed E-state index contributed by atoms with van der Waals surface area (Å²) in [6.45, 7) is 0.990. The van der Waals surface area contributed by atoms with E-state index in [4.69, 9.17) is 0 Å². The highest BCUT2D eigenvalue weighted by Gasteiger charge is 2.19. The molecule has 15 heavy (non-hydrogen) atoms. The van der Waals surface area contributed by atoms with Crippen LogP contribution in [0.1, 0.15) is 38.2 Å². The van der Waals surface area contributed by atoms with Gasteiger partial charge in [-0.15, -0.1) is 0 Å². The van der Waals surface area contributed by atoms with Gasteiger partial charge in [-0.3, -0.25) is 0 Å². The van der Waals surface area contributed by atoms with Crippen LogP contribution in [0, 0.1) is 0 Å². The molecule has 0 heterocycles. The average Bonchev–Trinajstić information content (AvgIpc) is 2.17. The van der Waals surface area contributed by atoms with Gasteiger partial charge in [-0.1, -0.05) is 36.8 Å². The van der Waals surface area contributed by atoms with Gasteiger partial charge in [0, 0.05) is 6.42 Å². The van der Waals surface area contributed by atoms with Crippen LogP contribution in [0.5, 0.6) is 0 Å². The lowest BCUT2D eigenvalue weighted by Crippen LogP contribution is -2.08. The molecule has 0 saturated carbocycles. The molecule has 1 rings (SSSR count). The van der Waals surface area contributed by atoms with Crippen molar-refractivity contribution in [2.45, 2.75) is 45.0 Å². The third-order valence-electron chi connectivity index (χ3n) is 2.42. The van der Waals surface area contributed by atoms with E-state index in [0.29, 0.717) is 6.42 Å². The number of hydrogen-bond donors (Lipinski definition) is 0. The van der Waals surface area contributed by atoms with Gasteiger partial charge in [-0.25, -0.2) is 8.78 Å². The van der Waals surface area contributed by atoms with Crippen LogP contribution in [0.15, 0.2) is 30.3 Å². The zero-order chi connectivity index (χ0) is 11.1. The van der Waals surface area contributed by atoms with E-state index < -0.39 is 5.92 Å². The molecule has 2 heteroatoms. The Morgan fingerprint density at radius 3 is 2.27 bits per heavy atom. The fraction of sp³-hybridized carbons (Fsp3) is 0.538. The summed E-state index contributed by atoms with van der Waals surface area (Å²) in [5.41, 5.74) is 1.29. The Bertz CT molecular complexity index is 262. The Morgan fingerprint density at radius 2 is 1.67 bits per heavy atom. The van der Waals surface area contributed by atoms with Crippen molar-refractivity contribution >= 4 is 0 Å². The Morgan fingerprint density at radius 1 is 1.00 bits per heavy atom. The molecule has 0 fully saturated rings. The minimum Gasteiger partial charge on any atom is -0.207 e. The van der Waals surface area contributed by atoms with E-state index in [0.717, 1.165) is 26.2 Å². The smallest absolute Gasteiger partial charge is 0.207 e. The van der Waals surface area contributed by atoms with Crippen LogP contribution in [0.2, 0.25) is 0 Å². The number of unbranched alkanes of at least 4 members (excludes halogenated alkanes) is 2. The second-order valence-corrected chi connectivity index (χ2v) is 4.12. The Balaban J connectivity index is 2.08. The summed E-state index contributed by atoms with van der Waals surface area (Å²) in [5, 5.41) is 0. The number of halogens is 2. The molecule has 0 saturated heterocycles. The van der Waals surface area contributed by atoms with E-state index in [1.807, 2.05) is 18.2 Å². The standard InChI is InChI=1S/C13H18F2/c1-13(14,15)11-7-3-6-10-12-8-4-2-5-9-12/h2,4-5,8-9H,3,6-7,10-11H2,1H3. The van der Waals surface area contributed by atoms with Crippen LogP contribution < -0.4 is 0 Å². The van der Waals surface area contributed by atoms with Crippen molar-refractivity contribution < 1.29 is 8.78 Å². The highest BCUT2D eigenvalue weighted by molar-refractivity contribution is 5.14. The molecular formula is C13H18F2. The van der Waals surface area contributed by atoms with Gasteiger partial charge < -0.3 is 0 Å². The maximum atomic E-state index is 12.5. The topological polar surface area (TPSA) is 0 Å². The fourth-order valence-corrected chi connectivity index (χ4v) is 1.59. The molecule has 0 aromatic heterocycles. The van der Waals surface area contributed by atoms with Gasteiger partial charge in [0.25, 0.3) is 0 Å². The van der Waals surface area contributed by atoms with Crippen LogP contribution >= 0.6 is 0 Å². The first-order valence-corrected chi connectivity index (χ1v) is 5.50. The molecule has 0 spiro atoms. The predicted octanol–water partition coefficient (Wildman–Crippen LogP) is 4.44. The largest absolute Gasteiger partial charge is 0.245 e. The molecule has 1 aromatic carbocycles. The maximum absolute atomic E-state index is 12.5. The third-order valence-corrected chi connectivity index (χ3v) is 2.42. The van der Waals surface area contributed by atoms with Gasteiger partial charge in [-0.05, 0) is 31.7 Å². The van der Waals surface area contributed by atoms with Gasteiger partial charge in [-0.2, -0.15) is 0 Å². The zero-order valence-corrected chi connectivity index (χ0v) is 9.18. The van der Waals surface area contributed by atoms with Crippen molar-refractivity contribution in [2.75, 3.05) is 0 Å². The zero-order valence-electron chi connectivity index (χ0n) is 9.18. The Kier molecular flexibility index (Phi) is 4.73. The highest BCUT2D eigenvalue weighted by atomic mass is 19.3. The van der Waals surface area contributed by atoms with E-state index in [-0.39, 0.29) is 6.42 Å². The number of benzene rings is 1. The number of rotatable bonds is 6. The second kappa shape index (κ2) is 5.84. The summed E-state index contributed by atoms with van der Waals surface area (Å²) in [7, 11) is 0. The molecule has 84 valence electrons. The molecule has 0 N–H and O–H groups in total. The van der Waals surface area contributed by atoms with Crippen molar-refractivity contribution in [2.24, 2.45) is 0 Å². The van der Waals surface area contributed by atoms with Crippen LogP contribution in [0.3, 0.4) is 0 Å². The first-order valence-electron chi connectivity index (χ1n) is 5.50. The van der Waals surface area contributed by atoms with Gasteiger partial charge >= 0.3 is 0 Å². The summed E-state index contributed by atoms with van der Waals surface area (Å²) in [6.07, 6.45) is 3.52. The molecule has 0 unspecified atom stereocenters. The highest BCUT2D eigenvalue weighted by Crippen LogP contribution is 2.20. The molecule has 0 nitrogen and oxygen atoms in total. The summed E-state index contributed by atoms with van der Waals surface area (Å²) in [5.74, 6) is -2.49. The Labute approximate surface area is 90.3 Å². The minimum absolute atomic E-state index is 0.0157. The normalized spacial score (nSPS) is 11.7. The predicted molar refractivity (Wildman–Crippen MR) is 59.2 cm³/mol. The van der Waals surface area contributed by atoms with E-state index in [1.54, 1.807) is 0 Å². The molecule has 1 aromatic rings. The van der Waals surface area contributed by atoms with Crippen molar-refractivity contribution in [3.05, 3.63) is 35.9 Å². The van der Waals surface area contributed by atoms with Crippen molar-refractivity contribution in [3.63, 3.8) is 0 Å². The summed E-state index contributed by atoms with van der Waals surface area (Å²) in [6, 6.07) is 10.2. The van der Waals surface area contributed by atoms with E-state index >= 15 is 0 Å². The summed E-state index contributed by atoms with van der Waals surface area (Å²) >= 11 is 0. The molecule has 0 aliphatic carbocycles. The van der Waals surface area contributed by atoms with Gasteiger partial charge in [0.2, 0.25) is 5.92 Å². The van der Waals surface area contributed by atoms with Crippen LogP contribution in [-0.4, -0.2) is 5.92 Å². The van der Waals surface area contributed by atoms with Crippen LogP contribution in [0.25, 0.3) is 0 Å². The minimum atomic E-state index is -2.49. The van der Waals surface area contributed by atoms with Crippen LogP contribution in [0.4, 0.5) is 8.78 Å². The van der Waals surface area contributed by atoms with Crippen molar-refractivity contribution in [3.8, 4) is 0 Å². The monoisotopic (exact) mass is 212 g/mol. The molecule has 0 amide bonds. The van der Waals surface area contributed by atoms with Gasteiger partial charge in [0.1, 0.15) is 0 Å². The lowest BCUT2D eigenvalue weighted by Gasteiger charge is -2.08. The molecule has 0 radical (unpaired) electrons. The summed E-state index contributed by atoms with van der Waals surface area (Å²) in [4.78, 5) is 0. The van der Waals surface area contributed by atoms with Crippen LogP contribution in [-0.2, 0) is 6.42 Å². The lowest BCUT2D eigenvalue weighted by atomic mass is 10.1. The van der Waals surface area contributed by atoms with Gasteiger partial charge in [0.05, 0.1) is 0 Å². The third kappa shape index (κ3) is 6.21. The molecule has 0 aliphatic heterocycles. The quantitative estimate of drug-likeness (QED) is 0.611. The molecule has 0 aliphatic rings. The number of hydrogen-bond acceptors (Lipinski definition) is 0. The van der Waals surface area contributed by atoms with Crippen molar-refractivity contribution in [1.82, 2.24) is 0 Å². The fourth-order valence-electron chi connectivity index (χ4n) is 1.59. The first-order chi connectivity index (χ1) is 7.08. The van der Waals surface area contributed by atoms with E-state index in [2.05, 4.69) is 12.1 Å². The average molecular weight is 212 g/mol. The SMILES string of the molecule is CC(F)(F)CCCCCc1ccccc1. The van der Waals surface area contributed by atoms with Crippen molar-refractivity contribution in [1.29, 1.82) is 0 Å². The molecular weight excluding hydrogens is 194 g/mol. The first kappa shape index (κ1) is 12.2. The van der Waals surface area contributed by atoms with Gasteiger partial charge in [0.15, 0.2) is 0 Å². The number of alkyl halides is 2. The molecule has 0 bridgehead atoms. The van der Waals surface area contributed by atoms with E-state index in [1.165, 1.54) is 5.56 Å². The lowest BCUT2D eigenvalue weighted by molar-refractivity contribution is 0.0104. The number of aryl methyl sites for hydroxylation is 1. The van der Waals surface area contributed by atoms with E-state index in [9.17, 15) is 8.78 Å². The summed E-state index contributed by atoms with van der Waals surface area (Å²) < 4.78 is 24.9.